The van der Waals surface area contributed by atoms with Crippen LogP contribution in [0.1, 0.15) is 45.1 Å². The maximum atomic E-state index is 12.8. The summed E-state index contributed by atoms with van der Waals surface area (Å²) in [6.07, 6.45) is 6.49. The van der Waals surface area contributed by atoms with Crippen LogP contribution in [-0.4, -0.2) is 58.9 Å². The number of likely N-dealkylation sites (tertiary alicyclic amines) is 1. The van der Waals surface area contributed by atoms with Crippen molar-refractivity contribution in [2.24, 2.45) is 18.9 Å². The lowest BCUT2D eigenvalue weighted by Gasteiger charge is -2.43. The third-order valence-electron chi connectivity index (χ3n) is 5.91. The van der Waals surface area contributed by atoms with Gasteiger partial charge in [-0.05, 0) is 44.7 Å². The van der Waals surface area contributed by atoms with E-state index in [0.29, 0.717) is 6.54 Å². The number of aromatic nitrogens is 2. The molecule has 27 heavy (non-hydrogen) atoms. The fourth-order valence-electron chi connectivity index (χ4n) is 4.22. The molecule has 0 bridgehead atoms. The molecule has 0 saturated carbocycles. The zero-order valence-corrected chi connectivity index (χ0v) is 18.5. The van der Waals surface area contributed by atoms with E-state index in [0.717, 1.165) is 37.7 Å². The fraction of sp³-hybridized carbons (Fsp3) is 0.789. The van der Waals surface area contributed by atoms with Gasteiger partial charge in [-0.3, -0.25) is 14.4 Å². The van der Waals surface area contributed by atoms with Crippen LogP contribution >= 0.6 is 24.8 Å². The van der Waals surface area contributed by atoms with Crippen molar-refractivity contribution in [1.29, 1.82) is 0 Å². The standard InChI is InChI=1S/C19H33N5O.2ClH/c1-14-6-5-7-24(11-14)19(2,3)13-21-18(25)17-10-20-9-16(17)15-8-22-23(4)12-15;;/h8,12,14,16-17,20H,5-7,9-11,13H2,1-4H3,(H,21,25);2*1H/t14?,16-,17+;;/m1../s1. The summed E-state index contributed by atoms with van der Waals surface area (Å²) < 4.78 is 1.81. The minimum atomic E-state index is -0.0136. The highest BCUT2D eigenvalue weighted by Gasteiger charge is 2.36. The van der Waals surface area contributed by atoms with E-state index in [1.54, 1.807) is 0 Å². The topological polar surface area (TPSA) is 62.2 Å². The van der Waals surface area contributed by atoms with Crippen molar-refractivity contribution in [3.8, 4) is 0 Å². The molecular weight excluding hydrogens is 385 g/mol. The van der Waals surface area contributed by atoms with Gasteiger partial charge in [0, 0.05) is 50.9 Å². The van der Waals surface area contributed by atoms with Gasteiger partial charge in [-0.25, -0.2) is 0 Å². The first-order valence-electron chi connectivity index (χ1n) is 9.59. The Morgan fingerprint density at radius 3 is 2.74 bits per heavy atom. The van der Waals surface area contributed by atoms with Crippen molar-refractivity contribution in [2.45, 2.75) is 45.1 Å². The van der Waals surface area contributed by atoms with Gasteiger partial charge in [-0.2, -0.15) is 5.10 Å². The smallest absolute Gasteiger partial charge is 0.225 e. The van der Waals surface area contributed by atoms with Gasteiger partial charge >= 0.3 is 0 Å². The van der Waals surface area contributed by atoms with Gasteiger partial charge in [0.15, 0.2) is 0 Å². The van der Waals surface area contributed by atoms with Crippen LogP contribution in [0.5, 0.6) is 0 Å². The molecule has 2 aliphatic heterocycles. The molecule has 0 aliphatic carbocycles. The summed E-state index contributed by atoms with van der Waals surface area (Å²) in [7, 11) is 1.92. The highest BCUT2D eigenvalue weighted by molar-refractivity contribution is 5.85. The second kappa shape index (κ2) is 10.1. The number of hydrogen-bond acceptors (Lipinski definition) is 4. The third kappa shape index (κ3) is 5.83. The SMILES string of the molecule is CC1CCCN(C(C)(C)CNC(=O)[C@H]2CNC[C@@H]2c2cnn(C)c2)C1.Cl.Cl. The molecule has 1 unspecified atom stereocenters. The van der Waals surface area contributed by atoms with Crippen LogP contribution in [0.25, 0.3) is 0 Å². The summed E-state index contributed by atoms with van der Waals surface area (Å²) in [5.74, 6) is 1.11. The van der Waals surface area contributed by atoms with Crippen molar-refractivity contribution in [3.63, 3.8) is 0 Å². The van der Waals surface area contributed by atoms with E-state index in [-0.39, 0.29) is 48.1 Å². The Morgan fingerprint density at radius 2 is 2.11 bits per heavy atom. The van der Waals surface area contributed by atoms with Crippen molar-refractivity contribution in [3.05, 3.63) is 18.0 Å². The highest BCUT2D eigenvalue weighted by Crippen LogP contribution is 2.28. The minimum absolute atomic E-state index is 0. The molecule has 0 spiro atoms. The van der Waals surface area contributed by atoms with Gasteiger partial charge in [-0.15, -0.1) is 24.8 Å². The molecule has 8 heteroatoms. The minimum Gasteiger partial charge on any atom is -0.354 e. The first kappa shape index (κ1) is 24.2. The van der Waals surface area contributed by atoms with Crippen LogP contribution in [0.4, 0.5) is 0 Å². The van der Waals surface area contributed by atoms with Crippen molar-refractivity contribution in [2.75, 3.05) is 32.7 Å². The molecule has 0 radical (unpaired) electrons. The van der Waals surface area contributed by atoms with E-state index >= 15 is 0 Å². The Balaban J connectivity index is 0.00000182. The van der Waals surface area contributed by atoms with E-state index in [1.807, 2.05) is 24.1 Å². The molecule has 3 heterocycles. The summed E-state index contributed by atoms with van der Waals surface area (Å²) in [6, 6.07) is 0. The zero-order valence-electron chi connectivity index (χ0n) is 16.9. The summed E-state index contributed by atoms with van der Waals surface area (Å²) in [5.41, 5.74) is 1.15. The number of piperidine rings is 1. The molecule has 3 rings (SSSR count). The number of halogens is 2. The molecule has 0 aromatic carbocycles. The highest BCUT2D eigenvalue weighted by atomic mass is 35.5. The number of carbonyl (C=O) groups is 1. The van der Waals surface area contributed by atoms with Crippen molar-refractivity contribution >= 4 is 30.7 Å². The molecule has 1 aromatic heterocycles. The quantitative estimate of drug-likeness (QED) is 0.767. The number of aryl methyl sites for hydroxylation is 1. The van der Waals surface area contributed by atoms with Gasteiger partial charge in [-0.1, -0.05) is 6.92 Å². The number of nitrogens with zero attached hydrogens (tertiary/aromatic N) is 3. The van der Waals surface area contributed by atoms with Crippen molar-refractivity contribution in [1.82, 2.24) is 25.3 Å². The summed E-state index contributed by atoms with van der Waals surface area (Å²) in [5, 5.41) is 10.9. The van der Waals surface area contributed by atoms with E-state index < -0.39 is 0 Å². The van der Waals surface area contributed by atoms with E-state index in [1.165, 1.54) is 12.8 Å². The average Bonchev–Trinajstić information content (AvgIpc) is 3.21. The normalized spacial score (nSPS) is 26.1. The third-order valence-corrected chi connectivity index (χ3v) is 5.91. The Kier molecular flexibility index (Phi) is 9.06. The number of rotatable bonds is 5. The summed E-state index contributed by atoms with van der Waals surface area (Å²) >= 11 is 0. The van der Waals surface area contributed by atoms with Crippen molar-refractivity contribution < 1.29 is 4.79 Å². The molecule has 1 amide bonds. The Morgan fingerprint density at radius 1 is 1.37 bits per heavy atom. The van der Waals surface area contributed by atoms with Crippen LogP contribution in [0.15, 0.2) is 12.4 Å². The lowest BCUT2D eigenvalue weighted by molar-refractivity contribution is -0.125. The molecule has 6 nitrogen and oxygen atoms in total. The molecular formula is C19H35Cl2N5O. The summed E-state index contributed by atoms with van der Waals surface area (Å²) in [4.78, 5) is 15.4. The van der Waals surface area contributed by atoms with Gasteiger partial charge in [0.2, 0.25) is 5.91 Å². The predicted octanol–water partition coefficient (Wildman–Crippen LogP) is 2.19. The fourth-order valence-corrected chi connectivity index (χ4v) is 4.22. The first-order valence-corrected chi connectivity index (χ1v) is 9.59. The Hall–Kier alpha value is -0.820. The Labute approximate surface area is 175 Å². The molecule has 3 atom stereocenters. The van der Waals surface area contributed by atoms with E-state index in [2.05, 4.69) is 41.4 Å². The van der Waals surface area contributed by atoms with Crippen LogP contribution < -0.4 is 10.6 Å². The molecule has 156 valence electrons. The van der Waals surface area contributed by atoms with Crippen LogP contribution in [0.2, 0.25) is 0 Å². The van der Waals surface area contributed by atoms with Gasteiger partial charge < -0.3 is 10.6 Å². The molecule has 2 fully saturated rings. The molecule has 2 N–H and O–H groups in total. The molecule has 1 aromatic rings. The number of nitrogens with one attached hydrogen (secondary N) is 2. The maximum absolute atomic E-state index is 12.8. The molecule has 2 saturated heterocycles. The average molecular weight is 420 g/mol. The second-order valence-corrected chi connectivity index (χ2v) is 8.54. The van der Waals surface area contributed by atoms with E-state index in [4.69, 9.17) is 0 Å². The van der Waals surface area contributed by atoms with Gasteiger partial charge in [0.1, 0.15) is 0 Å². The van der Waals surface area contributed by atoms with Crippen LogP contribution in [0.3, 0.4) is 0 Å². The largest absolute Gasteiger partial charge is 0.354 e. The molecule has 2 aliphatic rings. The lowest BCUT2D eigenvalue weighted by Crippen LogP contribution is -2.55. The number of amides is 1. The van der Waals surface area contributed by atoms with Crippen LogP contribution in [-0.2, 0) is 11.8 Å². The number of carbonyl (C=O) groups excluding carboxylic acids is 1. The van der Waals surface area contributed by atoms with Crippen LogP contribution in [0, 0.1) is 11.8 Å². The summed E-state index contributed by atoms with van der Waals surface area (Å²) in [6.45, 7) is 11.4. The second-order valence-electron chi connectivity index (χ2n) is 8.54. The Bertz CT molecular complexity index is 607. The lowest BCUT2D eigenvalue weighted by atomic mass is 9.89. The first-order chi connectivity index (χ1) is 11.9. The monoisotopic (exact) mass is 419 g/mol. The van der Waals surface area contributed by atoms with E-state index in [9.17, 15) is 4.79 Å². The maximum Gasteiger partial charge on any atom is 0.225 e. The predicted molar refractivity (Wildman–Crippen MR) is 114 cm³/mol. The number of hydrogen-bond donors (Lipinski definition) is 2. The van der Waals surface area contributed by atoms with Gasteiger partial charge in [0.05, 0.1) is 12.1 Å². The van der Waals surface area contributed by atoms with Gasteiger partial charge in [0.25, 0.3) is 0 Å². The zero-order chi connectivity index (χ0) is 18.0.